The van der Waals surface area contributed by atoms with Gasteiger partial charge in [-0.05, 0) is 32.3 Å². The number of nitrogens with zero attached hydrogens (tertiary/aromatic N) is 1. The number of benzene rings is 1. The number of rotatable bonds is 6. The first-order valence-electron chi connectivity index (χ1n) is 7.34. The van der Waals surface area contributed by atoms with E-state index in [0.29, 0.717) is 12.1 Å². The van der Waals surface area contributed by atoms with E-state index in [1.54, 1.807) is 0 Å². The van der Waals surface area contributed by atoms with Crippen molar-refractivity contribution >= 4 is 0 Å². The molecule has 1 aromatic carbocycles. The van der Waals surface area contributed by atoms with Crippen molar-refractivity contribution in [3.63, 3.8) is 0 Å². The smallest absolute Gasteiger partial charge is 0.0526 e. The monoisotopic (exact) mass is 262 g/mol. The fraction of sp³-hybridized carbons (Fsp3) is 0.625. The van der Waals surface area contributed by atoms with Crippen LogP contribution in [0.15, 0.2) is 30.3 Å². The van der Waals surface area contributed by atoms with E-state index in [4.69, 9.17) is 0 Å². The topological polar surface area (TPSA) is 35.5 Å². The van der Waals surface area contributed by atoms with Crippen LogP contribution in [0.5, 0.6) is 0 Å². The second kappa shape index (κ2) is 7.04. The molecule has 3 atom stereocenters. The molecule has 3 heteroatoms. The summed E-state index contributed by atoms with van der Waals surface area (Å²) in [6.07, 6.45) is 1.82. The van der Waals surface area contributed by atoms with Crippen LogP contribution in [-0.4, -0.2) is 41.3 Å². The van der Waals surface area contributed by atoms with Gasteiger partial charge in [-0.1, -0.05) is 30.3 Å². The largest absolute Gasteiger partial charge is 0.393 e. The summed E-state index contributed by atoms with van der Waals surface area (Å²) in [5.74, 6) is 0. The summed E-state index contributed by atoms with van der Waals surface area (Å²) < 4.78 is 0. The molecule has 0 aliphatic carbocycles. The van der Waals surface area contributed by atoms with Crippen molar-refractivity contribution in [2.45, 2.75) is 51.4 Å². The molecule has 3 unspecified atom stereocenters. The van der Waals surface area contributed by atoms with Gasteiger partial charge in [0, 0.05) is 31.7 Å². The summed E-state index contributed by atoms with van der Waals surface area (Å²) in [6, 6.07) is 11.6. The van der Waals surface area contributed by atoms with E-state index in [0.717, 1.165) is 26.1 Å². The molecule has 1 aliphatic heterocycles. The molecule has 0 spiro atoms. The van der Waals surface area contributed by atoms with E-state index in [2.05, 4.69) is 47.5 Å². The Kier molecular flexibility index (Phi) is 5.37. The molecule has 106 valence electrons. The Labute approximate surface area is 116 Å². The van der Waals surface area contributed by atoms with Gasteiger partial charge in [-0.25, -0.2) is 0 Å². The number of nitrogens with one attached hydrogen (secondary N) is 1. The van der Waals surface area contributed by atoms with E-state index in [1.807, 2.05) is 6.92 Å². The Balaban J connectivity index is 1.74. The number of aliphatic hydroxyl groups excluding tert-OH is 1. The van der Waals surface area contributed by atoms with E-state index >= 15 is 0 Å². The van der Waals surface area contributed by atoms with E-state index in [9.17, 15) is 5.11 Å². The van der Waals surface area contributed by atoms with Crippen LogP contribution >= 0.6 is 0 Å². The van der Waals surface area contributed by atoms with Crippen molar-refractivity contribution in [2.24, 2.45) is 0 Å². The zero-order valence-corrected chi connectivity index (χ0v) is 12.0. The van der Waals surface area contributed by atoms with Gasteiger partial charge in [0.15, 0.2) is 0 Å². The molecule has 19 heavy (non-hydrogen) atoms. The lowest BCUT2D eigenvalue weighted by atomic mass is 10.1. The van der Waals surface area contributed by atoms with Gasteiger partial charge in [-0.15, -0.1) is 0 Å². The van der Waals surface area contributed by atoms with Gasteiger partial charge in [0.2, 0.25) is 0 Å². The number of likely N-dealkylation sites (tertiary alicyclic amines) is 1. The zero-order valence-electron chi connectivity index (χ0n) is 12.0. The molecular formula is C16H26N2O. The van der Waals surface area contributed by atoms with Gasteiger partial charge in [-0.2, -0.15) is 0 Å². The lowest BCUT2D eigenvalue weighted by Gasteiger charge is -2.21. The van der Waals surface area contributed by atoms with Crippen LogP contribution in [0.3, 0.4) is 0 Å². The Morgan fingerprint density at radius 2 is 2.05 bits per heavy atom. The average Bonchev–Trinajstić information content (AvgIpc) is 2.76. The number of aliphatic hydroxyl groups is 1. The van der Waals surface area contributed by atoms with Crippen molar-refractivity contribution < 1.29 is 5.11 Å². The van der Waals surface area contributed by atoms with Crippen LogP contribution < -0.4 is 5.32 Å². The maximum Gasteiger partial charge on any atom is 0.0526 e. The molecule has 0 saturated carbocycles. The summed E-state index contributed by atoms with van der Waals surface area (Å²) >= 11 is 0. The Morgan fingerprint density at radius 1 is 1.32 bits per heavy atom. The minimum Gasteiger partial charge on any atom is -0.393 e. The fourth-order valence-electron chi connectivity index (χ4n) is 2.94. The van der Waals surface area contributed by atoms with Crippen molar-refractivity contribution in [1.29, 1.82) is 0 Å². The quantitative estimate of drug-likeness (QED) is 0.823. The summed E-state index contributed by atoms with van der Waals surface area (Å²) in [7, 11) is 0. The van der Waals surface area contributed by atoms with Crippen molar-refractivity contribution in [2.75, 3.05) is 13.1 Å². The molecule has 1 heterocycles. The number of hydrogen-bond acceptors (Lipinski definition) is 3. The van der Waals surface area contributed by atoms with E-state index < -0.39 is 0 Å². The SMILES string of the molecule is CC(O)CC(C)NC1CCN(Cc2ccccc2)C1. The molecule has 1 aromatic rings. The van der Waals surface area contributed by atoms with Crippen molar-refractivity contribution in [1.82, 2.24) is 10.2 Å². The third-order valence-corrected chi connectivity index (χ3v) is 3.74. The highest BCUT2D eigenvalue weighted by Gasteiger charge is 2.23. The highest BCUT2D eigenvalue weighted by Crippen LogP contribution is 2.14. The highest BCUT2D eigenvalue weighted by molar-refractivity contribution is 5.14. The Morgan fingerprint density at radius 3 is 2.74 bits per heavy atom. The third-order valence-electron chi connectivity index (χ3n) is 3.74. The highest BCUT2D eigenvalue weighted by atomic mass is 16.3. The van der Waals surface area contributed by atoms with Gasteiger partial charge in [0.1, 0.15) is 0 Å². The van der Waals surface area contributed by atoms with E-state index in [1.165, 1.54) is 12.0 Å². The first-order valence-corrected chi connectivity index (χ1v) is 7.34. The van der Waals surface area contributed by atoms with Crippen LogP contribution in [0.4, 0.5) is 0 Å². The maximum absolute atomic E-state index is 9.39. The van der Waals surface area contributed by atoms with Crippen molar-refractivity contribution in [3.05, 3.63) is 35.9 Å². The van der Waals surface area contributed by atoms with Gasteiger partial charge >= 0.3 is 0 Å². The predicted octanol–water partition coefficient (Wildman–Crippen LogP) is 2.01. The molecule has 0 radical (unpaired) electrons. The standard InChI is InChI=1S/C16H26N2O/c1-13(10-14(2)19)17-16-8-9-18(12-16)11-15-6-4-3-5-7-15/h3-7,13-14,16-17,19H,8-12H2,1-2H3. The molecule has 1 saturated heterocycles. The lowest BCUT2D eigenvalue weighted by Crippen LogP contribution is -2.39. The summed E-state index contributed by atoms with van der Waals surface area (Å²) in [6.45, 7) is 7.33. The minimum absolute atomic E-state index is 0.218. The third kappa shape index (κ3) is 4.94. The summed E-state index contributed by atoms with van der Waals surface area (Å²) in [4.78, 5) is 2.50. The van der Waals surface area contributed by atoms with Gasteiger partial charge in [0.05, 0.1) is 6.10 Å². The first-order chi connectivity index (χ1) is 9.13. The molecule has 1 fully saturated rings. The zero-order chi connectivity index (χ0) is 13.7. The molecule has 3 nitrogen and oxygen atoms in total. The number of hydrogen-bond donors (Lipinski definition) is 2. The summed E-state index contributed by atoms with van der Waals surface area (Å²) in [5.41, 5.74) is 1.39. The molecule has 2 rings (SSSR count). The van der Waals surface area contributed by atoms with Crippen LogP contribution in [0.25, 0.3) is 0 Å². The van der Waals surface area contributed by atoms with Gasteiger partial charge < -0.3 is 10.4 Å². The molecule has 0 amide bonds. The Bertz CT molecular complexity index is 366. The second-order valence-electron chi connectivity index (χ2n) is 5.86. The second-order valence-corrected chi connectivity index (χ2v) is 5.86. The average molecular weight is 262 g/mol. The first kappa shape index (κ1) is 14.5. The van der Waals surface area contributed by atoms with Gasteiger partial charge in [-0.3, -0.25) is 4.90 Å². The van der Waals surface area contributed by atoms with Gasteiger partial charge in [0.25, 0.3) is 0 Å². The lowest BCUT2D eigenvalue weighted by molar-refractivity contribution is 0.167. The Hall–Kier alpha value is -0.900. The molecule has 0 bridgehead atoms. The van der Waals surface area contributed by atoms with Crippen LogP contribution in [-0.2, 0) is 6.54 Å². The fourth-order valence-corrected chi connectivity index (χ4v) is 2.94. The predicted molar refractivity (Wildman–Crippen MR) is 79.0 cm³/mol. The summed E-state index contributed by atoms with van der Waals surface area (Å²) in [5, 5.41) is 13.0. The molecular weight excluding hydrogens is 236 g/mol. The van der Waals surface area contributed by atoms with Crippen LogP contribution in [0.2, 0.25) is 0 Å². The molecule has 1 aliphatic rings. The van der Waals surface area contributed by atoms with Crippen LogP contribution in [0.1, 0.15) is 32.3 Å². The molecule has 0 aromatic heterocycles. The minimum atomic E-state index is -0.218. The maximum atomic E-state index is 9.39. The van der Waals surface area contributed by atoms with Crippen molar-refractivity contribution in [3.8, 4) is 0 Å². The van der Waals surface area contributed by atoms with E-state index in [-0.39, 0.29) is 6.10 Å². The normalized spacial score (nSPS) is 23.4. The molecule has 2 N–H and O–H groups in total. The van der Waals surface area contributed by atoms with Crippen LogP contribution in [0, 0.1) is 0 Å².